The van der Waals surface area contributed by atoms with Gasteiger partial charge in [0.05, 0.1) is 12.8 Å². The topological polar surface area (TPSA) is 49.8 Å². The third-order valence-electron chi connectivity index (χ3n) is 1.91. The summed E-state index contributed by atoms with van der Waals surface area (Å²) < 4.78 is 5.01. The molecule has 0 spiro atoms. The number of nitrogens with zero attached hydrogens (tertiary/aromatic N) is 1. The maximum Gasteiger partial charge on any atom is 0.411 e. The number of benzene rings is 1. The molecule has 0 unspecified atom stereocenters. The smallest absolute Gasteiger partial charge is 0.411 e. The van der Waals surface area contributed by atoms with E-state index in [1.54, 1.807) is 38.3 Å². The Hall–Kier alpha value is -1.71. The number of carbonyl (C=O) groups is 1. The zero-order chi connectivity index (χ0) is 10.6. The lowest BCUT2D eigenvalue weighted by Gasteiger charge is -2.17. The number of anilines is 1. The minimum absolute atomic E-state index is 0.419. The monoisotopic (exact) mass is 195 g/mol. The van der Waals surface area contributed by atoms with Gasteiger partial charge in [-0.25, -0.2) is 4.79 Å². The molecule has 0 aliphatic rings. The molecule has 76 valence electrons. The summed E-state index contributed by atoms with van der Waals surface area (Å²) in [5.74, 6) is 0.655. The van der Waals surface area contributed by atoms with Crippen molar-refractivity contribution in [2.75, 3.05) is 18.6 Å². The first kappa shape index (κ1) is 10.4. The Labute approximate surface area is 82.7 Å². The largest absolute Gasteiger partial charge is 0.497 e. The van der Waals surface area contributed by atoms with Crippen molar-refractivity contribution in [3.63, 3.8) is 0 Å². The average molecular weight is 195 g/mol. The Morgan fingerprint density at radius 2 is 2.29 bits per heavy atom. The molecule has 0 atom stereocenters. The van der Waals surface area contributed by atoms with E-state index >= 15 is 0 Å². The molecular weight excluding hydrogens is 182 g/mol. The minimum Gasteiger partial charge on any atom is -0.497 e. The summed E-state index contributed by atoms with van der Waals surface area (Å²) in [4.78, 5) is 12.1. The van der Waals surface area contributed by atoms with Crippen LogP contribution in [0.15, 0.2) is 24.3 Å². The lowest BCUT2D eigenvalue weighted by atomic mass is 10.3. The van der Waals surface area contributed by atoms with E-state index in [-0.39, 0.29) is 0 Å². The van der Waals surface area contributed by atoms with Crippen LogP contribution < -0.4 is 9.64 Å². The van der Waals surface area contributed by atoms with E-state index in [1.165, 1.54) is 4.90 Å². The van der Waals surface area contributed by atoms with Crippen molar-refractivity contribution >= 4 is 11.8 Å². The number of amides is 1. The van der Waals surface area contributed by atoms with Crippen molar-refractivity contribution < 1.29 is 14.6 Å². The van der Waals surface area contributed by atoms with Crippen LogP contribution in [0.2, 0.25) is 0 Å². The average Bonchev–Trinajstić information content (AvgIpc) is 2.19. The van der Waals surface area contributed by atoms with Crippen molar-refractivity contribution in [2.45, 2.75) is 6.92 Å². The molecule has 0 bridgehead atoms. The first-order valence-corrected chi connectivity index (χ1v) is 4.33. The van der Waals surface area contributed by atoms with Gasteiger partial charge >= 0.3 is 6.09 Å². The van der Waals surface area contributed by atoms with Crippen LogP contribution in [0.1, 0.15) is 6.92 Å². The fourth-order valence-corrected chi connectivity index (χ4v) is 1.21. The van der Waals surface area contributed by atoms with Gasteiger partial charge in [0.15, 0.2) is 0 Å². The van der Waals surface area contributed by atoms with Crippen molar-refractivity contribution in [1.29, 1.82) is 0 Å². The molecule has 1 rings (SSSR count). The summed E-state index contributed by atoms with van der Waals surface area (Å²) in [6, 6.07) is 6.97. The number of methoxy groups -OCH3 is 1. The normalized spacial score (nSPS) is 9.57. The van der Waals surface area contributed by atoms with Gasteiger partial charge in [-0.15, -0.1) is 0 Å². The molecule has 1 aromatic rings. The molecule has 0 saturated carbocycles. The molecule has 0 fully saturated rings. The van der Waals surface area contributed by atoms with E-state index in [1.807, 2.05) is 0 Å². The number of carboxylic acid groups (broad SMARTS) is 1. The van der Waals surface area contributed by atoms with E-state index in [0.29, 0.717) is 18.0 Å². The molecule has 0 saturated heterocycles. The first-order chi connectivity index (χ1) is 6.69. The number of hydrogen-bond acceptors (Lipinski definition) is 2. The maximum absolute atomic E-state index is 10.8. The highest BCUT2D eigenvalue weighted by Crippen LogP contribution is 2.20. The minimum atomic E-state index is -0.958. The molecule has 0 aliphatic carbocycles. The van der Waals surface area contributed by atoms with Crippen LogP contribution in [0.25, 0.3) is 0 Å². The molecule has 1 aromatic carbocycles. The standard InChI is InChI=1S/C10H13NO3/c1-3-11(10(12)13)8-5-4-6-9(7-8)14-2/h4-7H,3H2,1-2H3,(H,12,13). The Bertz CT molecular complexity index is 325. The van der Waals surface area contributed by atoms with Gasteiger partial charge in [0.25, 0.3) is 0 Å². The predicted octanol–water partition coefficient (Wildman–Crippen LogP) is 2.20. The zero-order valence-corrected chi connectivity index (χ0v) is 8.23. The van der Waals surface area contributed by atoms with Gasteiger partial charge in [-0.05, 0) is 19.1 Å². The van der Waals surface area contributed by atoms with Gasteiger partial charge in [0.1, 0.15) is 5.75 Å². The zero-order valence-electron chi connectivity index (χ0n) is 8.23. The molecule has 0 radical (unpaired) electrons. The quantitative estimate of drug-likeness (QED) is 0.804. The number of rotatable bonds is 3. The molecule has 1 N–H and O–H groups in total. The van der Waals surface area contributed by atoms with E-state index in [2.05, 4.69) is 0 Å². The lowest BCUT2D eigenvalue weighted by molar-refractivity contribution is 0.202. The van der Waals surface area contributed by atoms with Gasteiger partial charge < -0.3 is 9.84 Å². The summed E-state index contributed by atoms with van der Waals surface area (Å²) in [7, 11) is 1.55. The summed E-state index contributed by atoms with van der Waals surface area (Å²) >= 11 is 0. The Morgan fingerprint density at radius 3 is 2.79 bits per heavy atom. The second-order valence-corrected chi connectivity index (χ2v) is 2.73. The van der Waals surface area contributed by atoms with Crippen molar-refractivity contribution in [2.24, 2.45) is 0 Å². The fraction of sp³-hybridized carbons (Fsp3) is 0.300. The van der Waals surface area contributed by atoms with E-state index < -0.39 is 6.09 Å². The van der Waals surface area contributed by atoms with Crippen LogP contribution >= 0.6 is 0 Å². The highest BCUT2D eigenvalue weighted by atomic mass is 16.5. The fourth-order valence-electron chi connectivity index (χ4n) is 1.21. The second-order valence-electron chi connectivity index (χ2n) is 2.73. The van der Waals surface area contributed by atoms with Gasteiger partial charge in [0, 0.05) is 12.6 Å². The number of ether oxygens (including phenoxy) is 1. The second kappa shape index (κ2) is 4.50. The Kier molecular flexibility index (Phi) is 3.34. The third-order valence-corrected chi connectivity index (χ3v) is 1.91. The van der Waals surface area contributed by atoms with Gasteiger partial charge in [0.2, 0.25) is 0 Å². The Balaban J connectivity index is 2.98. The molecule has 4 heteroatoms. The molecule has 4 nitrogen and oxygen atoms in total. The predicted molar refractivity (Wildman–Crippen MR) is 54.0 cm³/mol. The maximum atomic E-state index is 10.8. The van der Waals surface area contributed by atoms with Crippen molar-refractivity contribution in [3.05, 3.63) is 24.3 Å². The van der Waals surface area contributed by atoms with E-state index in [4.69, 9.17) is 9.84 Å². The summed E-state index contributed by atoms with van der Waals surface area (Å²) in [6.07, 6.45) is -0.958. The van der Waals surface area contributed by atoms with Crippen LogP contribution in [0, 0.1) is 0 Å². The lowest BCUT2D eigenvalue weighted by Crippen LogP contribution is -2.28. The first-order valence-electron chi connectivity index (χ1n) is 4.33. The highest BCUT2D eigenvalue weighted by Gasteiger charge is 2.11. The van der Waals surface area contributed by atoms with Crippen LogP contribution in [0.4, 0.5) is 10.5 Å². The summed E-state index contributed by atoms with van der Waals surface area (Å²) in [5.41, 5.74) is 0.624. The number of hydrogen-bond donors (Lipinski definition) is 1. The van der Waals surface area contributed by atoms with Crippen molar-refractivity contribution in [3.8, 4) is 5.75 Å². The van der Waals surface area contributed by atoms with Gasteiger partial charge in [-0.1, -0.05) is 6.07 Å². The van der Waals surface area contributed by atoms with Crippen molar-refractivity contribution in [1.82, 2.24) is 0 Å². The third kappa shape index (κ3) is 2.16. The van der Waals surface area contributed by atoms with Crippen LogP contribution in [0.5, 0.6) is 5.75 Å². The van der Waals surface area contributed by atoms with Gasteiger partial charge in [-0.2, -0.15) is 0 Å². The molecule has 1 amide bonds. The van der Waals surface area contributed by atoms with E-state index in [9.17, 15) is 4.79 Å². The SMILES string of the molecule is CCN(C(=O)O)c1cccc(OC)c1. The summed E-state index contributed by atoms with van der Waals surface area (Å²) in [6.45, 7) is 2.20. The van der Waals surface area contributed by atoms with E-state index in [0.717, 1.165) is 0 Å². The molecule has 0 aliphatic heterocycles. The molecular formula is C10H13NO3. The highest BCUT2D eigenvalue weighted by molar-refractivity contribution is 5.86. The van der Waals surface area contributed by atoms with Crippen LogP contribution in [-0.4, -0.2) is 24.9 Å². The molecule has 0 heterocycles. The molecule has 0 aromatic heterocycles. The van der Waals surface area contributed by atoms with Crippen LogP contribution in [0.3, 0.4) is 0 Å². The molecule has 14 heavy (non-hydrogen) atoms. The van der Waals surface area contributed by atoms with Gasteiger partial charge in [-0.3, -0.25) is 4.90 Å². The van der Waals surface area contributed by atoms with Crippen LogP contribution in [-0.2, 0) is 0 Å². The Morgan fingerprint density at radius 1 is 1.57 bits per heavy atom. The summed E-state index contributed by atoms with van der Waals surface area (Å²) in [5, 5.41) is 8.88.